The van der Waals surface area contributed by atoms with Gasteiger partial charge in [0.1, 0.15) is 5.82 Å². The number of halogens is 2. The van der Waals surface area contributed by atoms with Crippen LogP contribution in [0, 0.1) is 0 Å². The molecule has 1 heterocycles. The molecule has 18 heavy (non-hydrogen) atoms. The lowest BCUT2D eigenvalue weighted by Crippen LogP contribution is -2.27. The van der Waals surface area contributed by atoms with Crippen LogP contribution in [0.3, 0.4) is 0 Å². The van der Waals surface area contributed by atoms with Gasteiger partial charge in [0, 0.05) is 19.3 Å². The zero-order valence-corrected chi connectivity index (χ0v) is 13.1. The van der Waals surface area contributed by atoms with Crippen LogP contribution in [0.25, 0.3) is 0 Å². The Kier molecular flexibility index (Phi) is 6.34. The minimum absolute atomic E-state index is 0.102. The molecule has 8 heteroatoms. The lowest BCUT2D eigenvalue weighted by Gasteiger charge is -2.08. The minimum Gasteiger partial charge on any atom is -0.369 e. The number of hydrogen-bond donors (Lipinski definition) is 2. The highest BCUT2D eigenvalue weighted by molar-refractivity contribution is 9.10. The Labute approximate surface area is 121 Å². The molecule has 0 saturated carbocycles. The average Bonchev–Trinajstić information content (AvgIpc) is 2.31. The van der Waals surface area contributed by atoms with Gasteiger partial charge in [-0.05, 0) is 35.3 Å². The van der Waals surface area contributed by atoms with Crippen molar-refractivity contribution >= 4 is 43.4 Å². The van der Waals surface area contributed by atoms with E-state index in [2.05, 4.69) is 31.0 Å². The Morgan fingerprint density at radius 1 is 1.44 bits per heavy atom. The van der Waals surface area contributed by atoms with Crippen molar-refractivity contribution in [1.82, 2.24) is 9.71 Å². The quantitative estimate of drug-likeness (QED) is 0.735. The van der Waals surface area contributed by atoms with E-state index in [-0.39, 0.29) is 5.75 Å². The Balaban J connectivity index is 2.30. The summed E-state index contributed by atoms with van der Waals surface area (Å²) in [6.07, 6.45) is 2.23. The van der Waals surface area contributed by atoms with Crippen molar-refractivity contribution in [2.24, 2.45) is 0 Å². The molecule has 0 unspecified atom stereocenters. The summed E-state index contributed by atoms with van der Waals surface area (Å²) < 4.78 is 25.6. The first-order valence-electron chi connectivity index (χ1n) is 5.47. The van der Waals surface area contributed by atoms with Crippen LogP contribution in [-0.4, -0.2) is 32.2 Å². The van der Waals surface area contributed by atoms with Gasteiger partial charge < -0.3 is 5.32 Å². The summed E-state index contributed by atoms with van der Waals surface area (Å²) in [6.45, 7) is 2.64. The SMILES string of the molecule is CCS(=O)(=O)NCCCNc1ncc(Cl)cc1Br. The predicted molar refractivity (Wildman–Crippen MR) is 77.5 cm³/mol. The fraction of sp³-hybridized carbons (Fsp3) is 0.500. The van der Waals surface area contributed by atoms with Crippen LogP contribution in [0.15, 0.2) is 16.7 Å². The monoisotopic (exact) mass is 355 g/mol. The van der Waals surface area contributed by atoms with Crippen LogP contribution in [0.5, 0.6) is 0 Å². The van der Waals surface area contributed by atoms with Crippen LogP contribution in [0.1, 0.15) is 13.3 Å². The first-order chi connectivity index (χ1) is 8.44. The van der Waals surface area contributed by atoms with Gasteiger partial charge in [-0.1, -0.05) is 11.6 Å². The second-order valence-corrected chi connectivity index (χ2v) is 6.95. The van der Waals surface area contributed by atoms with E-state index in [4.69, 9.17) is 11.6 Å². The molecular formula is C10H15BrClN3O2S. The van der Waals surface area contributed by atoms with Crippen molar-refractivity contribution in [2.45, 2.75) is 13.3 Å². The van der Waals surface area contributed by atoms with Crippen molar-refractivity contribution in [2.75, 3.05) is 24.2 Å². The van der Waals surface area contributed by atoms with Crippen LogP contribution in [-0.2, 0) is 10.0 Å². The summed E-state index contributed by atoms with van der Waals surface area (Å²) in [5.41, 5.74) is 0. The third-order valence-electron chi connectivity index (χ3n) is 2.16. The molecule has 0 atom stereocenters. The Morgan fingerprint density at radius 2 is 2.17 bits per heavy atom. The highest BCUT2D eigenvalue weighted by Gasteiger charge is 2.05. The van der Waals surface area contributed by atoms with E-state index < -0.39 is 10.0 Å². The second kappa shape index (κ2) is 7.28. The molecule has 0 spiro atoms. The summed E-state index contributed by atoms with van der Waals surface area (Å²) in [4.78, 5) is 4.11. The first kappa shape index (κ1) is 15.7. The molecule has 0 aliphatic rings. The van der Waals surface area contributed by atoms with Crippen molar-refractivity contribution in [1.29, 1.82) is 0 Å². The van der Waals surface area contributed by atoms with Crippen LogP contribution in [0.4, 0.5) is 5.82 Å². The van der Waals surface area contributed by atoms with Gasteiger partial charge in [-0.15, -0.1) is 0 Å². The van der Waals surface area contributed by atoms with E-state index in [9.17, 15) is 8.42 Å². The molecule has 2 N–H and O–H groups in total. The zero-order chi connectivity index (χ0) is 13.6. The van der Waals surface area contributed by atoms with E-state index in [0.29, 0.717) is 30.4 Å². The third-order valence-corrected chi connectivity index (χ3v) is 4.37. The summed E-state index contributed by atoms with van der Waals surface area (Å²) >= 11 is 9.11. The summed E-state index contributed by atoms with van der Waals surface area (Å²) in [6, 6.07) is 1.75. The number of nitrogens with zero attached hydrogens (tertiary/aromatic N) is 1. The van der Waals surface area contributed by atoms with E-state index >= 15 is 0 Å². The van der Waals surface area contributed by atoms with Gasteiger partial charge in [-0.3, -0.25) is 0 Å². The second-order valence-electron chi connectivity index (χ2n) is 3.56. The van der Waals surface area contributed by atoms with Gasteiger partial charge in [0.05, 0.1) is 15.2 Å². The molecule has 102 valence electrons. The van der Waals surface area contributed by atoms with Crippen molar-refractivity contribution in [3.8, 4) is 0 Å². The molecule has 1 aromatic rings. The Bertz CT molecular complexity index is 496. The molecule has 0 radical (unpaired) electrons. The molecule has 0 aliphatic carbocycles. The van der Waals surface area contributed by atoms with E-state index in [0.717, 1.165) is 4.47 Å². The molecule has 1 rings (SSSR count). The number of pyridine rings is 1. The lowest BCUT2D eigenvalue weighted by atomic mass is 10.4. The minimum atomic E-state index is -3.10. The highest BCUT2D eigenvalue weighted by Crippen LogP contribution is 2.22. The molecule has 0 bridgehead atoms. The van der Waals surface area contributed by atoms with Gasteiger partial charge in [-0.25, -0.2) is 18.1 Å². The molecule has 1 aromatic heterocycles. The molecule has 0 aromatic carbocycles. The summed E-state index contributed by atoms with van der Waals surface area (Å²) in [5, 5.41) is 3.65. The maximum absolute atomic E-state index is 11.2. The lowest BCUT2D eigenvalue weighted by molar-refractivity contribution is 0.581. The third kappa shape index (κ3) is 5.51. The molecule has 0 amide bonds. The number of hydrogen-bond acceptors (Lipinski definition) is 4. The predicted octanol–water partition coefficient (Wildman–Crippen LogP) is 2.24. The van der Waals surface area contributed by atoms with Crippen LogP contribution in [0.2, 0.25) is 5.02 Å². The standard InChI is InChI=1S/C10H15BrClN3O2S/c1-2-18(16,17)15-5-3-4-13-10-9(11)6-8(12)7-14-10/h6-7,15H,2-5H2,1H3,(H,13,14). The fourth-order valence-corrected chi connectivity index (χ4v) is 2.61. The van der Waals surface area contributed by atoms with Crippen LogP contribution < -0.4 is 10.0 Å². The summed E-state index contributed by atoms with van der Waals surface area (Å²) in [5.74, 6) is 0.794. The number of rotatable bonds is 7. The molecule has 0 fully saturated rings. The molecule has 0 aliphatic heterocycles. The fourth-order valence-electron chi connectivity index (χ4n) is 1.17. The highest BCUT2D eigenvalue weighted by atomic mass is 79.9. The largest absolute Gasteiger partial charge is 0.369 e. The van der Waals surface area contributed by atoms with Gasteiger partial charge in [0.15, 0.2) is 0 Å². The molecule has 5 nitrogen and oxygen atoms in total. The maximum Gasteiger partial charge on any atom is 0.211 e. The number of anilines is 1. The smallest absolute Gasteiger partial charge is 0.211 e. The van der Waals surface area contributed by atoms with Gasteiger partial charge in [-0.2, -0.15) is 0 Å². The van der Waals surface area contributed by atoms with E-state index in [1.165, 1.54) is 0 Å². The number of sulfonamides is 1. The number of aromatic nitrogens is 1. The summed E-state index contributed by atoms with van der Waals surface area (Å²) in [7, 11) is -3.10. The Morgan fingerprint density at radius 3 is 2.78 bits per heavy atom. The topological polar surface area (TPSA) is 71.1 Å². The van der Waals surface area contributed by atoms with Crippen LogP contribution >= 0.6 is 27.5 Å². The zero-order valence-electron chi connectivity index (χ0n) is 9.91. The van der Waals surface area contributed by atoms with Gasteiger partial charge >= 0.3 is 0 Å². The van der Waals surface area contributed by atoms with Crippen molar-refractivity contribution < 1.29 is 8.42 Å². The maximum atomic E-state index is 11.2. The van der Waals surface area contributed by atoms with Gasteiger partial charge in [0.2, 0.25) is 10.0 Å². The van der Waals surface area contributed by atoms with E-state index in [1.54, 1.807) is 19.2 Å². The average molecular weight is 357 g/mol. The Hall–Kier alpha value is -0.370. The number of nitrogens with one attached hydrogen (secondary N) is 2. The molecular weight excluding hydrogens is 342 g/mol. The first-order valence-corrected chi connectivity index (χ1v) is 8.29. The van der Waals surface area contributed by atoms with Crippen molar-refractivity contribution in [3.63, 3.8) is 0 Å². The van der Waals surface area contributed by atoms with Gasteiger partial charge in [0.25, 0.3) is 0 Å². The van der Waals surface area contributed by atoms with E-state index in [1.807, 2.05) is 0 Å². The molecule has 0 saturated heterocycles. The van der Waals surface area contributed by atoms with Crippen molar-refractivity contribution in [3.05, 3.63) is 21.8 Å². The normalized spacial score (nSPS) is 11.5.